The number of alkyl halides is 4. The van der Waals surface area contributed by atoms with Crippen molar-refractivity contribution in [1.82, 2.24) is 20.1 Å². The molecule has 0 spiro atoms. The molecular weight excluding hydrogens is 596 g/mol. The molecule has 0 bridgehead atoms. The lowest BCUT2D eigenvalue weighted by molar-refractivity contribution is -0.274. The SMILES string of the molecule is CCCc1ccc(C)cc1N1CCS/C1=N\C(=O)NCC(F)c1ccc(-c2ncn(-c3ccc(OC(F)(F)F)cc3)n2)cc1. The molecule has 1 N–H and O–H groups in total. The van der Waals surface area contributed by atoms with Crippen LogP contribution in [-0.4, -0.2) is 51.2 Å². The number of carbonyl (C=O) groups is 1. The van der Waals surface area contributed by atoms with E-state index in [1.807, 2.05) is 6.92 Å². The summed E-state index contributed by atoms with van der Waals surface area (Å²) in [6.45, 7) is 4.66. The molecule has 44 heavy (non-hydrogen) atoms. The average molecular weight is 627 g/mol. The number of amidine groups is 1. The van der Waals surface area contributed by atoms with Crippen LogP contribution < -0.4 is 15.0 Å². The van der Waals surface area contributed by atoms with Gasteiger partial charge in [-0.3, -0.25) is 0 Å². The van der Waals surface area contributed by atoms with Crippen LogP contribution in [0.4, 0.5) is 28.0 Å². The Labute approximate surface area is 256 Å². The van der Waals surface area contributed by atoms with Crippen LogP contribution in [0.15, 0.2) is 78.0 Å². The van der Waals surface area contributed by atoms with E-state index in [4.69, 9.17) is 0 Å². The minimum absolute atomic E-state index is 0.244. The molecule has 230 valence electrons. The number of aromatic nitrogens is 3. The molecular formula is C31H30F4N6O2S. The van der Waals surface area contributed by atoms with Crippen LogP contribution in [0.2, 0.25) is 0 Å². The van der Waals surface area contributed by atoms with E-state index in [0.717, 1.165) is 36.4 Å². The second-order valence-electron chi connectivity index (χ2n) is 10.1. The average Bonchev–Trinajstić information content (AvgIpc) is 3.67. The Morgan fingerprint density at radius 1 is 1.11 bits per heavy atom. The van der Waals surface area contributed by atoms with E-state index < -0.39 is 18.6 Å². The highest BCUT2D eigenvalue weighted by molar-refractivity contribution is 8.14. The van der Waals surface area contributed by atoms with E-state index in [2.05, 4.69) is 55.2 Å². The van der Waals surface area contributed by atoms with Crippen molar-refractivity contribution >= 4 is 28.6 Å². The Morgan fingerprint density at radius 2 is 1.86 bits per heavy atom. The maximum atomic E-state index is 15.0. The Kier molecular flexibility index (Phi) is 9.52. The number of aliphatic imine (C=N–C) groups is 1. The van der Waals surface area contributed by atoms with Gasteiger partial charge in [-0.25, -0.2) is 18.9 Å². The van der Waals surface area contributed by atoms with Crippen molar-refractivity contribution in [2.75, 3.05) is 23.7 Å². The highest BCUT2D eigenvalue weighted by Crippen LogP contribution is 2.31. The maximum absolute atomic E-state index is 15.0. The van der Waals surface area contributed by atoms with Gasteiger partial charge < -0.3 is 15.0 Å². The van der Waals surface area contributed by atoms with Crippen molar-refractivity contribution in [1.29, 1.82) is 0 Å². The predicted molar refractivity (Wildman–Crippen MR) is 163 cm³/mol. The van der Waals surface area contributed by atoms with E-state index in [1.165, 1.54) is 52.6 Å². The van der Waals surface area contributed by atoms with E-state index in [9.17, 15) is 18.0 Å². The summed E-state index contributed by atoms with van der Waals surface area (Å²) in [5.41, 5.74) is 4.85. The molecule has 2 amide bonds. The first-order valence-electron chi connectivity index (χ1n) is 14.0. The number of hydrogen-bond donors (Lipinski definition) is 1. The van der Waals surface area contributed by atoms with E-state index >= 15 is 4.39 Å². The highest BCUT2D eigenvalue weighted by atomic mass is 32.2. The van der Waals surface area contributed by atoms with Gasteiger partial charge >= 0.3 is 12.4 Å². The van der Waals surface area contributed by atoms with Gasteiger partial charge in [0.2, 0.25) is 0 Å². The molecule has 0 radical (unpaired) electrons. The first kappa shape index (κ1) is 31.0. The number of ether oxygens (including phenoxy) is 1. The van der Waals surface area contributed by atoms with Gasteiger partial charge in [0.25, 0.3) is 0 Å². The van der Waals surface area contributed by atoms with Gasteiger partial charge in [0.1, 0.15) is 18.2 Å². The number of thioether (sulfide) groups is 1. The minimum atomic E-state index is -4.77. The van der Waals surface area contributed by atoms with Gasteiger partial charge in [-0.15, -0.1) is 18.3 Å². The molecule has 1 aliphatic rings. The molecule has 1 unspecified atom stereocenters. The van der Waals surface area contributed by atoms with E-state index in [-0.39, 0.29) is 12.3 Å². The standard InChI is InChI=1S/C31H30F4N6O2S/c1-3-4-22-6-5-20(2)17-27(22)40-15-16-44-30(40)38-29(42)36-18-26(32)21-7-9-23(10-8-21)28-37-19-41(39-28)24-11-13-25(14-12-24)43-31(33,34)35/h5-14,17,19,26H,3-4,15-16,18H2,1-2H3,(H,36,42)/b38-30-. The first-order valence-corrected chi connectivity index (χ1v) is 15.0. The zero-order chi connectivity index (χ0) is 31.3. The van der Waals surface area contributed by atoms with Gasteiger partial charge in [0, 0.05) is 23.5 Å². The molecule has 8 nitrogen and oxygen atoms in total. The number of nitrogens with zero attached hydrogens (tertiary/aromatic N) is 5. The van der Waals surface area contributed by atoms with Crippen molar-refractivity contribution in [3.05, 3.63) is 89.7 Å². The Bertz CT molecular complexity index is 1620. The Balaban J connectivity index is 1.18. The third-order valence-electron chi connectivity index (χ3n) is 6.81. The summed E-state index contributed by atoms with van der Waals surface area (Å²) < 4.78 is 57.5. The van der Waals surface area contributed by atoms with Crippen LogP contribution >= 0.6 is 11.8 Å². The number of amides is 2. The summed E-state index contributed by atoms with van der Waals surface area (Å²) in [5, 5.41) is 7.53. The second-order valence-corrected chi connectivity index (χ2v) is 11.2. The van der Waals surface area contributed by atoms with Crippen LogP contribution in [0.1, 0.15) is 36.2 Å². The van der Waals surface area contributed by atoms with Crippen molar-refractivity contribution < 1.29 is 27.1 Å². The summed E-state index contributed by atoms with van der Waals surface area (Å²) in [7, 11) is 0. The minimum Gasteiger partial charge on any atom is -0.406 e. The fraction of sp³-hybridized carbons (Fsp3) is 0.290. The molecule has 2 heterocycles. The van der Waals surface area contributed by atoms with Crippen LogP contribution in [0.25, 0.3) is 17.1 Å². The molecule has 0 aliphatic carbocycles. The Hall–Kier alpha value is -4.39. The number of anilines is 1. The number of hydrogen-bond acceptors (Lipinski definition) is 5. The zero-order valence-electron chi connectivity index (χ0n) is 24.0. The molecule has 0 saturated carbocycles. The largest absolute Gasteiger partial charge is 0.573 e. The summed E-state index contributed by atoms with van der Waals surface area (Å²) in [6.07, 6.45) is -2.88. The van der Waals surface area contributed by atoms with Crippen molar-refractivity contribution in [3.63, 3.8) is 0 Å². The van der Waals surface area contributed by atoms with Gasteiger partial charge in [-0.2, -0.15) is 4.99 Å². The van der Waals surface area contributed by atoms with Crippen LogP contribution in [-0.2, 0) is 6.42 Å². The first-order chi connectivity index (χ1) is 21.1. The summed E-state index contributed by atoms with van der Waals surface area (Å²) in [6, 6.07) is 17.4. The van der Waals surface area contributed by atoms with E-state index in [0.29, 0.717) is 27.8 Å². The Morgan fingerprint density at radius 3 is 2.57 bits per heavy atom. The fourth-order valence-corrected chi connectivity index (χ4v) is 5.66. The lowest BCUT2D eigenvalue weighted by Crippen LogP contribution is -2.29. The molecule has 4 aromatic rings. The van der Waals surface area contributed by atoms with Crippen molar-refractivity contribution in [3.8, 4) is 22.8 Å². The van der Waals surface area contributed by atoms with Crippen LogP contribution in [0, 0.1) is 6.92 Å². The van der Waals surface area contributed by atoms with Crippen molar-refractivity contribution in [2.45, 2.75) is 39.2 Å². The van der Waals surface area contributed by atoms with Gasteiger partial charge in [0.05, 0.1) is 12.2 Å². The number of rotatable bonds is 9. The zero-order valence-corrected chi connectivity index (χ0v) is 24.8. The third-order valence-corrected chi connectivity index (χ3v) is 7.77. The monoisotopic (exact) mass is 626 g/mol. The highest BCUT2D eigenvalue weighted by Gasteiger charge is 2.31. The molecule has 1 fully saturated rings. The number of benzene rings is 3. The van der Waals surface area contributed by atoms with E-state index in [1.54, 1.807) is 24.3 Å². The second kappa shape index (κ2) is 13.5. The molecule has 1 saturated heterocycles. The smallest absolute Gasteiger partial charge is 0.406 e. The van der Waals surface area contributed by atoms with Gasteiger partial charge in [-0.1, -0.05) is 61.5 Å². The number of carbonyl (C=O) groups excluding carboxylic acids is 1. The predicted octanol–water partition coefficient (Wildman–Crippen LogP) is 7.42. The normalized spacial score (nSPS) is 15.0. The molecule has 3 aromatic carbocycles. The molecule has 13 heteroatoms. The fourth-order valence-electron chi connectivity index (χ4n) is 4.71. The van der Waals surface area contributed by atoms with Crippen molar-refractivity contribution in [2.24, 2.45) is 4.99 Å². The topological polar surface area (TPSA) is 84.6 Å². The quantitative estimate of drug-likeness (QED) is 0.195. The number of urea groups is 1. The maximum Gasteiger partial charge on any atom is 0.573 e. The van der Waals surface area contributed by atoms with Crippen LogP contribution in [0.3, 0.4) is 0 Å². The van der Waals surface area contributed by atoms with Crippen LogP contribution in [0.5, 0.6) is 5.75 Å². The number of nitrogens with one attached hydrogen (secondary N) is 1. The summed E-state index contributed by atoms with van der Waals surface area (Å²) in [4.78, 5) is 23.2. The molecule has 1 aromatic heterocycles. The third kappa shape index (κ3) is 7.76. The lowest BCUT2D eigenvalue weighted by atomic mass is 10.0. The molecule has 5 rings (SSSR count). The molecule has 1 atom stereocenters. The number of aryl methyl sites for hydroxylation is 2. The summed E-state index contributed by atoms with van der Waals surface area (Å²) >= 11 is 1.50. The van der Waals surface area contributed by atoms with Gasteiger partial charge in [0.15, 0.2) is 11.0 Å². The molecule has 1 aliphatic heterocycles. The van der Waals surface area contributed by atoms with Gasteiger partial charge in [-0.05, 0) is 60.4 Å². The number of halogens is 4. The lowest BCUT2D eigenvalue weighted by Gasteiger charge is -2.22. The summed E-state index contributed by atoms with van der Waals surface area (Å²) in [5.74, 6) is 0.810.